The highest BCUT2D eigenvalue weighted by atomic mass is 79.9. The number of carbonyl (C=O) groups excluding carboxylic acids is 1. The number of ketones is 1. The summed E-state index contributed by atoms with van der Waals surface area (Å²) < 4.78 is 14.7. The summed E-state index contributed by atoms with van der Waals surface area (Å²) in [5.41, 5.74) is 5.70. The van der Waals surface area contributed by atoms with Crippen molar-refractivity contribution in [1.82, 2.24) is 0 Å². The summed E-state index contributed by atoms with van der Waals surface area (Å²) in [6, 6.07) is 4.11. The van der Waals surface area contributed by atoms with Crippen molar-refractivity contribution in [2.45, 2.75) is 0 Å². The van der Waals surface area contributed by atoms with Gasteiger partial charge in [0.2, 0.25) is 5.78 Å². The highest BCUT2D eigenvalue weighted by Gasteiger charge is 2.18. The summed E-state index contributed by atoms with van der Waals surface area (Å²) >= 11 is 13.4. The Hall–Kier alpha value is -0.430. The lowest BCUT2D eigenvalue weighted by atomic mass is 10.1. The van der Waals surface area contributed by atoms with Crippen LogP contribution in [0.3, 0.4) is 0 Å². The Bertz CT molecular complexity index is 625. The van der Waals surface area contributed by atoms with Gasteiger partial charge in [-0.3, -0.25) is 4.79 Å². The summed E-state index contributed by atoms with van der Waals surface area (Å²) in [6.07, 6.45) is 0. The van der Waals surface area contributed by atoms with Crippen LogP contribution < -0.4 is 5.73 Å². The van der Waals surface area contributed by atoms with Crippen LogP contribution in [0.15, 0.2) is 27.1 Å². The van der Waals surface area contributed by atoms with Crippen molar-refractivity contribution in [3.8, 4) is 0 Å². The summed E-state index contributed by atoms with van der Waals surface area (Å²) in [5.74, 6) is -0.824. The van der Waals surface area contributed by atoms with Crippen molar-refractivity contribution < 1.29 is 9.18 Å². The Morgan fingerprint density at radius 3 is 2.50 bits per heavy atom. The molecule has 0 atom stereocenters. The molecule has 2 N–H and O–H groups in total. The molecule has 1 aromatic heterocycles. The Balaban J connectivity index is 2.49. The van der Waals surface area contributed by atoms with E-state index in [-0.39, 0.29) is 11.5 Å². The van der Waals surface area contributed by atoms with Gasteiger partial charge in [-0.05, 0) is 50.1 Å². The summed E-state index contributed by atoms with van der Waals surface area (Å²) in [7, 11) is 0. The van der Waals surface area contributed by atoms with Crippen LogP contribution in [0, 0.1) is 5.82 Å². The van der Waals surface area contributed by atoms with E-state index in [1.807, 2.05) is 0 Å². The first-order chi connectivity index (χ1) is 8.40. The molecule has 18 heavy (non-hydrogen) atoms. The van der Waals surface area contributed by atoms with E-state index in [1.54, 1.807) is 6.07 Å². The number of hydrogen-bond donors (Lipinski definition) is 1. The maximum absolute atomic E-state index is 13.2. The Morgan fingerprint density at radius 2 is 1.94 bits per heavy atom. The van der Waals surface area contributed by atoms with Crippen molar-refractivity contribution in [2.24, 2.45) is 0 Å². The molecule has 0 bridgehead atoms. The van der Waals surface area contributed by atoms with Gasteiger partial charge in [0.1, 0.15) is 10.2 Å². The van der Waals surface area contributed by atoms with Gasteiger partial charge < -0.3 is 5.73 Å². The quantitative estimate of drug-likeness (QED) is 0.563. The highest BCUT2D eigenvalue weighted by molar-refractivity contribution is 9.11. The first-order valence-electron chi connectivity index (χ1n) is 4.64. The van der Waals surface area contributed by atoms with Gasteiger partial charge in [0.05, 0.1) is 10.6 Å². The van der Waals surface area contributed by atoms with Crippen LogP contribution in [0.5, 0.6) is 0 Å². The van der Waals surface area contributed by atoms with Crippen LogP contribution in [-0.4, -0.2) is 5.78 Å². The Kier molecular flexibility index (Phi) is 4.11. The summed E-state index contributed by atoms with van der Waals surface area (Å²) in [5, 5.41) is 0. The van der Waals surface area contributed by atoms with E-state index >= 15 is 0 Å². The lowest BCUT2D eigenvalue weighted by Gasteiger charge is -2.04. The van der Waals surface area contributed by atoms with E-state index in [0.29, 0.717) is 23.7 Å². The third-order valence-electron chi connectivity index (χ3n) is 2.20. The number of nitrogen functional groups attached to an aromatic ring is 1. The molecule has 0 saturated heterocycles. The molecule has 0 amide bonds. The molecule has 2 nitrogen and oxygen atoms in total. The number of thiophene rings is 1. The molecule has 0 aliphatic rings. The molecular formula is C11H5Br2ClFNOS. The van der Waals surface area contributed by atoms with E-state index in [1.165, 1.54) is 12.1 Å². The number of carbonyl (C=O) groups is 1. The predicted molar refractivity (Wildman–Crippen MR) is 79.0 cm³/mol. The molecule has 0 saturated carbocycles. The fourth-order valence-electron chi connectivity index (χ4n) is 1.33. The van der Waals surface area contributed by atoms with Gasteiger partial charge >= 0.3 is 0 Å². The number of halogens is 4. The Morgan fingerprint density at radius 1 is 1.28 bits per heavy atom. The van der Waals surface area contributed by atoms with E-state index in [4.69, 9.17) is 17.3 Å². The number of nitrogens with two attached hydrogens (primary N) is 1. The van der Waals surface area contributed by atoms with E-state index in [2.05, 4.69) is 31.9 Å². The topological polar surface area (TPSA) is 43.1 Å². The minimum absolute atomic E-state index is 0.0664. The summed E-state index contributed by atoms with van der Waals surface area (Å²) in [6.45, 7) is 0. The lowest BCUT2D eigenvalue weighted by Crippen LogP contribution is -2.03. The standard InChI is InChI=1S/C11H5Br2ClFNOS/c12-5-2-7(15)8(16)1-4(5)10(17)9-3-6(13)11(14)18-9/h1-3H,16H2. The molecule has 0 radical (unpaired) electrons. The summed E-state index contributed by atoms with van der Waals surface area (Å²) in [4.78, 5) is 12.7. The largest absolute Gasteiger partial charge is 0.396 e. The molecule has 7 heteroatoms. The molecule has 0 unspecified atom stereocenters. The number of anilines is 1. The number of hydrogen-bond acceptors (Lipinski definition) is 3. The number of benzene rings is 1. The van der Waals surface area contributed by atoms with Gasteiger partial charge in [0.15, 0.2) is 0 Å². The van der Waals surface area contributed by atoms with Crippen LogP contribution in [0.25, 0.3) is 0 Å². The van der Waals surface area contributed by atoms with Crippen LogP contribution in [0.1, 0.15) is 15.2 Å². The zero-order valence-electron chi connectivity index (χ0n) is 8.64. The third kappa shape index (κ3) is 2.61. The minimum Gasteiger partial charge on any atom is -0.396 e. The first kappa shape index (κ1) is 14.0. The average molecular weight is 413 g/mol. The van der Waals surface area contributed by atoms with Crippen LogP contribution >= 0.6 is 54.8 Å². The molecule has 0 fully saturated rings. The smallest absolute Gasteiger partial charge is 0.204 e. The molecule has 1 heterocycles. The second-order valence-electron chi connectivity index (χ2n) is 3.41. The zero-order valence-corrected chi connectivity index (χ0v) is 13.4. The average Bonchev–Trinajstić information content (AvgIpc) is 2.63. The molecule has 2 rings (SSSR count). The highest BCUT2D eigenvalue weighted by Crippen LogP contribution is 2.34. The van der Waals surface area contributed by atoms with Gasteiger partial charge in [-0.25, -0.2) is 4.39 Å². The van der Waals surface area contributed by atoms with Gasteiger partial charge in [-0.1, -0.05) is 11.6 Å². The van der Waals surface area contributed by atoms with Gasteiger partial charge in [-0.15, -0.1) is 11.3 Å². The second kappa shape index (κ2) is 5.28. The zero-order chi connectivity index (χ0) is 13.4. The molecular weight excluding hydrogens is 408 g/mol. The molecule has 0 aliphatic heterocycles. The number of rotatable bonds is 2. The van der Waals surface area contributed by atoms with Crippen molar-refractivity contribution in [3.63, 3.8) is 0 Å². The SMILES string of the molecule is Nc1cc(C(=O)c2cc(Br)c(Cl)s2)c(Br)cc1F. The molecule has 0 aliphatic carbocycles. The van der Waals surface area contributed by atoms with Crippen molar-refractivity contribution in [1.29, 1.82) is 0 Å². The van der Waals surface area contributed by atoms with Gasteiger partial charge in [0.25, 0.3) is 0 Å². The minimum atomic E-state index is -0.566. The Labute approximate surface area is 128 Å². The van der Waals surface area contributed by atoms with Crippen LogP contribution in [0.4, 0.5) is 10.1 Å². The lowest BCUT2D eigenvalue weighted by molar-refractivity contribution is 0.104. The maximum Gasteiger partial charge on any atom is 0.204 e. The van der Waals surface area contributed by atoms with Crippen molar-refractivity contribution in [2.75, 3.05) is 5.73 Å². The predicted octanol–water partition coefficient (Wildman–Crippen LogP) is 4.88. The molecule has 1 aromatic carbocycles. The normalized spacial score (nSPS) is 10.7. The first-order valence-corrected chi connectivity index (χ1v) is 7.42. The third-order valence-corrected chi connectivity index (χ3v) is 5.33. The molecule has 2 aromatic rings. The maximum atomic E-state index is 13.2. The van der Waals surface area contributed by atoms with Gasteiger partial charge in [0, 0.05) is 14.5 Å². The molecule has 0 spiro atoms. The van der Waals surface area contributed by atoms with Crippen molar-refractivity contribution >= 4 is 66.3 Å². The second-order valence-corrected chi connectivity index (χ2v) is 6.78. The van der Waals surface area contributed by atoms with E-state index in [9.17, 15) is 9.18 Å². The van der Waals surface area contributed by atoms with Crippen molar-refractivity contribution in [3.05, 3.63) is 47.7 Å². The fraction of sp³-hybridized carbons (Fsp3) is 0. The van der Waals surface area contributed by atoms with Crippen LogP contribution in [-0.2, 0) is 0 Å². The fourth-order valence-corrected chi connectivity index (χ4v) is 3.48. The van der Waals surface area contributed by atoms with Gasteiger partial charge in [-0.2, -0.15) is 0 Å². The molecule has 94 valence electrons. The van der Waals surface area contributed by atoms with E-state index in [0.717, 1.165) is 11.3 Å². The van der Waals surface area contributed by atoms with Crippen LogP contribution in [0.2, 0.25) is 4.34 Å². The monoisotopic (exact) mass is 411 g/mol. The van der Waals surface area contributed by atoms with E-state index < -0.39 is 5.82 Å².